The summed E-state index contributed by atoms with van der Waals surface area (Å²) in [5.74, 6) is -1.27. The van der Waals surface area contributed by atoms with Gasteiger partial charge in [-0.25, -0.2) is 4.98 Å². The third-order valence-electron chi connectivity index (χ3n) is 4.75. The molecule has 2 aromatic heterocycles. The molecule has 4 rings (SSSR count). The monoisotopic (exact) mass is 492 g/mol. The van der Waals surface area contributed by atoms with E-state index in [2.05, 4.69) is 5.32 Å². The van der Waals surface area contributed by atoms with Gasteiger partial charge in [0.05, 0.1) is 24.1 Å². The number of thiophene rings is 1. The molecule has 9 heteroatoms. The zero-order valence-corrected chi connectivity index (χ0v) is 19.8. The lowest BCUT2D eigenvalue weighted by Gasteiger charge is -2.06. The number of nitrogens with zero attached hydrogens (tertiary/aromatic N) is 1. The van der Waals surface area contributed by atoms with Gasteiger partial charge in [0.1, 0.15) is 10.8 Å². The molecule has 0 saturated carbocycles. The molecule has 0 unspecified atom stereocenters. The Balaban J connectivity index is 1.38. The quantitative estimate of drug-likeness (QED) is 0.362. The molecule has 0 atom stereocenters. The first-order chi connectivity index (χ1) is 16.5. The van der Waals surface area contributed by atoms with Gasteiger partial charge < -0.3 is 9.47 Å². The number of carbonyl (C=O) groups excluding carboxylic acids is 3. The summed E-state index contributed by atoms with van der Waals surface area (Å²) in [7, 11) is 1.52. The van der Waals surface area contributed by atoms with E-state index in [1.165, 1.54) is 41.9 Å². The Morgan fingerprint density at radius 1 is 0.971 bits per heavy atom. The Morgan fingerprint density at radius 3 is 2.41 bits per heavy atom. The zero-order valence-electron chi connectivity index (χ0n) is 18.1. The standard InChI is InChI=1S/C25H20N2O5S2/c1-31-18-11-9-16(10-12-18)24(30)26-21(28)15-32-22(29)14-20-23(19-8-5-13-33-19)27-25(34-20)17-6-3-2-4-7-17/h2-13H,14-15H2,1H3,(H,26,28,30). The van der Waals surface area contributed by atoms with Gasteiger partial charge in [-0.3, -0.25) is 19.7 Å². The molecule has 0 aliphatic carbocycles. The van der Waals surface area contributed by atoms with Crippen LogP contribution in [-0.2, 0) is 20.7 Å². The smallest absolute Gasteiger partial charge is 0.311 e. The minimum Gasteiger partial charge on any atom is -0.497 e. The summed E-state index contributed by atoms with van der Waals surface area (Å²) in [5.41, 5.74) is 1.98. The van der Waals surface area contributed by atoms with Crippen molar-refractivity contribution in [3.8, 4) is 26.9 Å². The highest BCUT2D eigenvalue weighted by Crippen LogP contribution is 2.36. The van der Waals surface area contributed by atoms with E-state index in [1.54, 1.807) is 12.1 Å². The summed E-state index contributed by atoms with van der Waals surface area (Å²) in [5, 5.41) is 4.96. The molecular formula is C25H20N2O5S2. The van der Waals surface area contributed by atoms with Crippen molar-refractivity contribution in [2.75, 3.05) is 13.7 Å². The maximum Gasteiger partial charge on any atom is 0.311 e. The van der Waals surface area contributed by atoms with Gasteiger partial charge in [-0.15, -0.1) is 22.7 Å². The van der Waals surface area contributed by atoms with Crippen LogP contribution in [0, 0.1) is 0 Å². The summed E-state index contributed by atoms with van der Waals surface area (Å²) < 4.78 is 10.2. The maximum atomic E-state index is 12.5. The molecule has 0 bridgehead atoms. The topological polar surface area (TPSA) is 94.6 Å². The van der Waals surface area contributed by atoms with Crippen LogP contribution in [0.2, 0.25) is 0 Å². The van der Waals surface area contributed by atoms with E-state index in [1.807, 2.05) is 47.8 Å². The molecule has 0 saturated heterocycles. The number of hydrogen-bond donors (Lipinski definition) is 1. The minimum absolute atomic E-state index is 0.0303. The van der Waals surface area contributed by atoms with E-state index < -0.39 is 24.4 Å². The predicted molar refractivity (Wildman–Crippen MR) is 131 cm³/mol. The highest BCUT2D eigenvalue weighted by molar-refractivity contribution is 7.17. The maximum absolute atomic E-state index is 12.5. The number of imide groups is 1. The van der Waals surface area contributed by atoms with E-state index in [4.69, 9.17) is 14.5 Å². The van der Waals surface area contributed by atoms with Crippen LogP contribution in [0.1, 0.15) is 15.2 Å². The van der Waals surface area contributed by atoms with Gasteiger partial charge in [0.2, 0.25) is 0 Å². The fourth-order valence-corrected chi connectivity index (χ4v) is 4.96. The van der Waals surface area contributed by atoms with Crippen LogP contribution in [0.3, 0.4) is 0 Å². The lowest BCUT2D eigenvalue weighted by atomic mass is 10.2. The van der Waals surface area contributed by atoms with Gasteiger partial charge in [0, 0.05) is 16.0 Å². The summed E-state index contributed by atoms with van der Waals surface area (Å²) in [6.45, 7) is -0.556. The summed E-state index contributed by atoms with van der Waals surface area (Å²) in [6.07, 6.45) is -0.0303. The van der Waals surface area contributed by atoms with Gasteiger partial charge in [-0.2, -0.15) is 0 Å². The Bertz CT molecular complexity index is 1280. The van der Waals surface area contributed by atoms with Crippen molar-refractivity contribution in [3.05, 3.63) is 82.6 Å². The molecule has 1 N–H and O–H groups in total. The summed E-state index contributed by atoms with van der Waals surface area (Å²) in [6, 6.07) is 19.9. The van der Waals surface area contributed by atoms with E-state index >= 15 is 0 Å². The van der Waals surface area contributed by atoms with Gasteiger partial charge in [0.15, 0.2) is 6.61 Å². The fraction of sp³-hybridized carbons (Fsp3) is 0.120. The third-order valence-corrected chi connectivity index (χ3v) is 6.73. The van der Waals surface area contributed by atoms with Crippen LogP contribution in [-0.4, -0.2) is 36.5 Å². The fourth-order valence-electron chi connectivity index (χ4n) is 3.09. The van der Waals surface area contributed by atoms with Gasteiger partial charge in [-0.1, -0.05) is 36.4 Å². The zero-order chi connectivity index (χ0) is 23.9. The number of carbonyl (C=O) groups is 3. The second kappa shape index (κ2) is 10.9. The number of amides is 2. The summed E-state index contributed by atoms with van der Waals surface area (Å²) >= 11 is 2.95. The molecule has 34 heavy (non-hydrogen) atoms. The lowest BCUT2D eigenvalue weighted by Crippen LogP contribution is -2.34. The second-order valence-corrected chi connectivity index (χ2v) is 9.11. The SMILES string of the molecule is COc1ccc(C(=O)NC(=O)COC(=O)Cc2sc(-c3ccccc3)nc2-c2cccs2)cc1. The van der Waals surface area contributed by atoms with Crippen LogP contribution >= 0.6 is 22.7 Å². The Hall–Kier alpha value is -3.82. The average Bonchev–Trinajstić information content (AvgIpc) is 3.53. The number of benzene rings is 2. The van der Waals surface area contributed by atoms with E-state index in [9.17, 15) is 14.4 Å². The van der Waals surface area contributed by atoms with E-state index in [0.717, 1.165) is 26.0 Å². The number of rotatable bonds is 8. The molecule has 7 nitrogen and oxygen atoms in total. The van der Waals surface area contributed by atoms with Crippen molar-refractivity contribution in [1.29, 1.82) is 0 Å². The highest BCUT2D eigenvalue weighted by atomic mass is 32.1. The molecule has 0 spiro atoms. The molecule has 0 radical (unpaired) electrons. The number of ether oxygens (including phenoxy) is 2. The number of aromatic nitrogens is 1. The highest BCUT2D eigenvalue weighted by Gasteiger charge is 2.19. The summed E-state index contributed by atoms with van der Waals surface area (Å²) in [4.78, 5) is 43.2. The van der Waals surface area contributed by atoms with Crippen LogP contribution in [0.5, 0.6) is 5.75 Å². The van der Waals surface area contributed by atoms with E-state index in [-0.39, 0.29) is 6.42 Å². The van der Waals surface area contributed by atoms with Crippen LogP contribution in [0.4, 0.5) is 0 Å². The molecule has 2 heterocycles. The molecule has 0 fully saturated rings. The average molecular weight is 493 g/mol. The Morgan fingerprint density at radius 2 is 1.74 bits per heavy atom. The Kier molecular flexibility index (Phi) is 7.46. The molecule has 0 aliphatic rings. The molecule has 4 aromatic rings. The number of nitrogens with one attached hydrogen (secondary N) is 1. The van der Waals surface area contributed by atoms with Crippen molar-refractivity contribution in [2.45, 2.75) is 6.42 Å². The number of hydrogen-bond acceptors (Lipinski definition) is 8. The van der Waals surface area contributed by atoms with Crippen molar-refractivity contribution >= 4 is 40.5 Å². The third kappa shape index (κ3) is 5.75. The van der Waals surface area contributed by atoms with E-state index in [0.29, 0.717) is 11.3 Å². The normalized spacial score (nSPS) is 10.5. The Labute approximate surface area is 204 Å². The number of esters is 1. The molecule has 172 valence electrons. The van der Waals surface area contributed by atoms with Gasteiger partial charge in [0.25, 0.3) is 11.8 Å². The first-order valence-electron chi connectivity index (χ1n) is 10.3. The number of thiazole rings is 1. The number of methoxy groups -OCH3 is 1. The first kappa shape index (κ1) is 23.3. The van der Waals surface area contributed by atoms with Crippen LogP contribution in [0.25, 0.3) is 21.1 Å². The molecule has 0 aliphatic heterocycles. The van der Waals surface area contributed by atoms with Crippen molar-refractivity contribution < 1.29 is 23.9 Å². The lowest BCUT2D eigenvalue weighted by molar-refractivity contribution is -0.147. The molecular weight excluding hydrogens is 472 g/mol. The van der Waals surface area contributed by atoms with Crippen molar-refractivity contribution in [3.63, 3.8) is 0 Å². The molecule has 2 amide bonds. The van der Waals surface area contributed by atoms with Gasteiger partial charge >= 0.3 is 5.97 Å². The van der Waals surface area contributed by atoms with Crippen molar-refractivity contribution in [1.82, 2.24) is 10.3 Å². The minimum atomic E-state index is -0.707. The van der Waals surface area contributed by atoms with Crippen molar-refractivity contribution in [2.24, 2.45) is 0 Å². The first-order valence-corrected chi connectivity index (χ1v) is 12.0. The van der Waals surface area contributed by atoms with Gasteiger partial charge in [-0.05, 0) is 35.7 Å². The largest absolute Gasteiger partial charge is 0.497 e. The predicted octanol–water partition coefficient (Wildman–Crippen LogP) is 4.59. The second-order valence-electron chi connectivity index (χ2n) is 7.08. The molecule has 2 aromatic carbocycles. The van der Waals surface area contributed by atoms with Crippen LogP contribution in [0.15, 0.2) is 72.1 Å². The van der Waals surface area contributed by atoms with Crippen LogP contribution < -0.4 is 10.1 Å².